The van der Waals surface area contributed by atoms with Crippen LogP contribution in [0.2, 0.25) is 0 Å². The van der Waals surface area contributed by atoms with Crippen LogP contribution in [0.15, 0.2) is 42.6 Å². The molecule has 1 N–H and O–H groups in total. The van der Waals surface area contributed by atoms with Crippen LogP contribution in [-0.2, 0) is 6.54 Å². The van der Waals surface area contributed by atoms with Crippen molar-refractivity contribution in [2.75, 3.05) is 18.5 Å². The molecule has 1 aromatic carbocycles. The molecule has 0 spiro atoms. The Morgan fingerprint density at radius 3 is 2.83 bits per heavy atom. The average Bonchev–Trinajstić information content (AvgIpc) is 3.06. The van der Waals surface area contributed by atoms with Crippen molar-refractivity contribution in [2.24, 2.45) is 0 Å². The summed E-state index contributed by atoms with van der Waals surface area (Å²) in [5.41, 5.74) is 1.94. The minimum atomic E-state index is -0.0620. The molecule has 0 fully saturated rings. The summed E-state index contributed by atoms with van der Waals surface area (Å²) in [6.45, 7) is 6.22. The highest BCUT2D eigenvalue weighted by molar-refractivity contribution is 5.91. The minimum absolute atomic E-state index is 0.0620. The molecule has 24 heavy (non-hydrogen) atoms. The number of aromatic nitrogens is 1. The fourth-order valence-electron chi connectivity index (χ4n) is 3.32. The van der Waals surface area contributed by atoms with Gasteiger partial charge in [0, 0.05) is 25.0 Å². The number of nitrogens with zero attached hydrogens (tertiary/aromatic N) is 2. The van der Waals surface area contributed by atoms with Gasteiger partial charge in [-0.15, -0.1) is 0 Å². The molecule has 1 unspecified atom stereocenters. The molecule has 1 aromatic heterocycles. The van der Waals surface area contributed by atoms with Crippen LogP contribution >= 0.6 is 0 Å². The first-order valence-electron chi connectivity index (χ1n) is 8.69. The molecule has 5 nitrogen and oxygen atoms in total. The van der Waals surface area contributed by atoms with E-state index in [1.165, 1.54) is 5.69 Å². The first kappa shape index (κ1) is 16.4. The lowest BCUT2D eigenvalue weighted by Crippen LogP contribution is -2.44. The van der Waals surface area contributed by atoms with E-state index in [2.05, 4.69) is 35.1 Å². The van der Waals surface area contributed by atoms with Crippen molar-refractivity contribution < 1.29 is 9.53 Å². The van der Waals surface area contributed by atoms with Crippen LogP contribution < -0.4 is 10.1 Å². The van der Waals surface area contributed by atoms with Gasteiger partial charge in [0.15, 0.2) is 0 Å². The number of ether oxygens (including phenoxy) is 1. The van der Waals surface area contributed by atoms with Gasteiger partial charge >= 0.3 is 6.03 Å². The number of para-hydroxylation sites is 2. The normalized spacial score (nSPS) is 16.6. The van der Waals surface area contributed by atoms with Crippen LogP contribution in [0.1, 0.15) is 38.4 Å². The van der Waals surface area contributed by atoms with Crippen LogP contribution in [0.3, 0.4) is 0 Å². The Bertz CT molecular complexity index is 695. The van der Waals surface area contributed by atoms with Crippen molar-refractivity contribution in [3.05, 3.63) is 48.3 Å². The van der Waals surface area contributed by atoms with E-state index in [4.69, 9.17) is 4.74 Å². The largest absolute Gasteiger partial charge is 0.492 e. The predicted octanol–water partition coefficient (Wildman–Crippen LogP) is 4.28. The Hall–Kier alpha value is -2.43. The molecule has 3 rings (SSSR count). The molecule has 0 saturated carbocycles. The Balaban J connectivity index is 1.79. The van der Waals surface area contributed by atoms with Crippen molar-refractivity contribution >= 4 is 11.7 Å². The molecule has 0 bridgehead atoms. The first-order valence-corrected chi connectivity index (χ1v) is 8.69. The van der Waals surface area contributed by atoms with E-state index in [0.717, 1.165) is 31.6 Å². The lowest BCUT2D eigenvalue weighted by atomic mass is 10.0. The summed E-state index contributed by atoms with van der Waals surface area (Å²) in [6.07, 6.45) is 4.09. The summed E-state index contributed by atoms with van der Waals surface area (Å²) in [4.78, 5) is 14.8. The Morgan fingerprint density at radius 1 is 1.21 bits per heavy atom. The number of nitrogens with one attached hydrogen (secondary N) is 1. The highest BCUT2D eigenvalue weighted by Crippen LogP contribution is 2.31. The minimum Gasteiger partial charge on any atom is -0.492 e. The number of benzene rings is 1. The van der Waals surface area contributed by atoms with E-state index < -0.39 is 0 Å². The number of rotatable bonds is 5. The van der Waals surface area contributed by atoms with E-state index in [1.807, 2.05) is 36.1 Å². The van der Waals surface area contributed by atoms with Gasteiger partial charge in [-0.3, -0.25) is 0 Å². The van der Waals surface area contributed by atoms with Gasteiger partial charge in [0.2, 0.25) is 0 Å². The van der Waals surface area contributed by atoms with E-state index in [9.17, 15) is 4.79 Å². The molecular formula is C19H25N3O2. The molecule has 0 radical (unpaired) electrons. The van der Waals surface area contributed by atoms with Gasteiger partial charge < -0.3 is 19.5 Å². The maximum Gasteiger partial charge on any atom is 0.322 e. The number of carbonyl (C=O) groups is 1. The van der Waals surface area contributed by atoms with Gasteiger partial charge in [0.25, 0.3) is 0 Å². The topological polar surface area (TPSA) is 46.5 Å². The zero-order valence-corrected chi connectivity index (χ0v) is 14.4. The third kappa shape index (κ3) is 3.25. The van der Waals surface area contributed by atoms with Gasteiger partial charge in [-0.25, -0.2) is 4.79 Å². The van der Waals surface area contributed by atoms with Crippen LogP contribution in [0.25, 0.3) is 0 Å². The zero-order chi connectivity index (χ0) is 16.9. The Morgan fingerprint density at radius 2 is 2.04 bits per heavy atom. The monoisotopic (exact) mass is 327 g/mol. The standard InChI is InChI=1S/C19H25N3O2/c1-3-8-17-16-10-7-12-21(16)13-14-22(17)19(23)20-15-9-5-6-11-18(15)24-4-2/h5-7,9-12,17H,3-4,8,13-14H2,1-2H3,(H,20,23). The predicted molar refractivity (Wildman–Crippen MR) is 95.4 cm³/mol. The molecule has 2 aromatic rings. The number of hydrogen-bond acceptors (Lipinski definition) is 2. The first-order chi connectivity index (χ1) is 11.7. The van der Waals surface area contributed by atoms with Crippen LogP contribution in [-0.4, -0.2) is 28.6 Å². The van der Waals surface area contributed by atoms with Crippen LogP contribution in [0, 0.1) is 0 Å². The number of carbonyl (C=O) groups excluding carboxylic acids is 1. The second-order valence-corrected chi connectivity index (χ2v) is 5.98. The molecule has 5 heteroatoms. The molecule has 1 aliphatic rings. The third-order valence-electron chi connectivity index (χ3n) is 4.42. The van der Waals surface area contributed by atoms with Gasteiger partial charge in [-0.1, -0.05) is 25.5 Å². The molecule has 0 aliphatic carbocycles. The number of amides is 2. The molecule has 2 amide bonds. The van der Waals surface area contributed by atoms with Crippen molar-refractivity contribution in [3.63, 3.8) is 0 Å². The second kappa shape index (κ2) is 7.43. The fourth-order valence-corrected chi connectivity index (χ4v) is 3.32. The molecule has 2 heterocycles. The molecule has 128 valence electrons. The zero-order valence-electron chi connectivity index (χ0n) is 14.4. The summed E-state index contributed by atoms with van der Waals surface area (Å²) in [5, 5.41) is 3.03. The van der Waals surface area contributed by atoms with Gasteiger partial charge in [-0.2, -0.15) is 0 Å². The average molecular weight is 327 g/mol. The quantitative estimate of drug-likeness (QED) is 0.891. The van der Waals surface area contributed by atoms with Gasteiger partial charge in [0.1, 0.15) is 5.75 Å². The number of anilines is 1. The SMILES string of the molecule is CCCC1c2cccn2CCN1C(=O)Nc1ccccc1OCC. The molecule has 1 atom stereocenters. The van der Waals surface area contributed by atoms with Crippen LogP contribution in [0.5, 0.6) is 5.75 Å². The smallest absolute Gasteiger partial charge is 0.322 e. The number of fused-ring (bicyclic) bond motifs is 1. The van der Waals surface area contributed by atoms with E-state index >= 15 is 0 Å². The third-order valence-corrected chi connectivity index (χ3v) is 4.42. The summed E-state index contributed by atoms with van der Waals surface area (Å²) >= 11 is 0. The summed E-state index contributed by atoms with van der Waals surface area (Å²) in [6, 6.07) is 11.8. The number of urea groups is 1. The Labute approximate surface area is 143 Å². The summed E-state index contributed by atoms with van der Waals surface area (Å²) < 4.78 is 7.85. The van der Waals surface area contributed by atoms with Gasteiger partial charge in [0.05, 0.1) is 18.3 Å². The molecule has 1 aliphatic heterocycles. The van der Waals surface area contributed by atoms with Crippen molar-refractivity contribution in [1.29, 1.82) is 0 Å². The summed E-state index contributed by atoms with van der Waals surface area (Å²) in [5.74, 6) is 0.709. The van der Waals surface area contributed by atoms with E-state index in [1.54, 1.807) is 0 Å². The van der Waals surface area contributed by atoms with Gasteiger partial charge in [-0.05, 0) is 37.6 Å². The fraction of sp³-hybridized carbons (Fsp3) is 0.421. The second-order valence-electron chi connectivity index (χ2n) is 5.98. The summed E-state index contributed by atoms with van der Waals surface area (Å²) in [7, 11) is 0. The lowest BCUT2D eigenvalue weighted by Gasteiger charge is -2.37. The number of hydrogen-bond donors (Lipinski definition) is 1. The molecular weight excluding hydrogens is 302 g/mol. The maximum absolute atomic E-state index is 12.9. The highest BCUT2D eigenvalue weighted by Gasteiger charge is 2.30. The lowest BCUT2D eigenvalue weighted by molar-refractivity contribution is 0.163. The Kier molecular flexibility index (Phi) is 5.08. The maximum atomic E-state index is 12.9. The van der Waals surface area contributed by atoms with E-state index in [0.29, 0.717) is 12.4 Å². The highest BCUT2D eigenvalue weighted by atomic mass is 16.5. The van der Waals surface area contributed by atoms with Crippen molar-refractivity contribution in [2.45, 2.75) is 39.3 Å². The molecule has 0 saturated heterocycles. The van der Waals surface area contributed by atoms with E-state index in [-0.39, 0.29) is 12.1 Å². The van der Waals surface area contributed by atoms with Crippen molar-refractivity contribution in [1.82, 2.24) is 9.47 Å². The van der Waals surface area contributed by atoms with Crippen molar-refractivity contribution in [3.8, 4) is 5.75 Å². The van der Waals surface area contributed by atoms with Crippen LogP contribution in [0.4, 0.5) is 10.5 Å².